The van der Waals surface area contributed by atoms with Crippen molar-refractivity contribution in [2.24, 2.45) is 0 Å². The molecule has 3 rings (SSSR count). The maximum atomic E-state index is 10.7. The zero-order valence-corrected chi connectivity index (χ0v) is 13.8. The standard InChI is InChI=1S/C20H20N2O2/c1-15(19-9-5-7-17-6-3-4-8-20(17)19)21(2)14-16-10-12-18(13-11-16)22(23)24/h3-13,15H,14H2,1-2H3/t15-/m1/s1. The van der Waals surface area contributed by atoms with Gasteiger partial charge in [-0.25, -0.2) is 0 Å². The van der Waals surface area contributed by atoms with Crippen LogP contribution in [0.15, 0.2) is 66.7 Å². The molecule has 0 saturated heterocycles. The maximum Gasteiger partial charge on any atom is 0.269 e. The van der Waals surface area contributed by atoms with Gasteiger partial charge in [0.2, 0.25) is 0 Å². The van der Waals surface area contributed by atoms with Crippen LogP contribution < -0.4 is 0 Å². The minimum atomic E-state index is -0.369. The quantitative estimate of drug-likeness (QED) is 0.494. The van der Waals surface area contributed by atoms with Gasteiger partial charge in [0.1, 0.15) is 0 Å². The van der Waals surface area contributed by atoms with E-state index in [-0.39, 0.29) is 16.7 Å². The Balaban J connectivity index is 1.81. The van der Waals surface area contributed by atoms with Crippen LogP contribution in [-0.2, 0) is 6.54 Å². The Hall–Kier alpha value is -2.72. The molecule has 1 atom stereocenters. The van der Waals surface area contributed by atoms with Gasteiger partial charge in [-0.05, 0) is 35.9 Å². The molecular weight excluding hydrogens is 300 g/mol. The Morgan fingerprint density at radius 2 is 1.67 bits per heavy atom. The molecule has 3 aromatic rings. The third-order valence-electron chi connectivity index (χ3n) is 4.51. The molecule has 24 heavy (non-hydrogen) atoms. The topological polar surface area (TPSA) is 46.4 Å². The Labute approximate surface area is 141 Å². The summed E-state index contributed by atoms with van der Waals surface area (Å²) < 4.78 is 0. The number of fused-ring (bicyclic) bond motifs is 1. The van der Waals surface area contributed by atoms with Crippen molar-refractivity contribution < 1.29 is 4.92 Å². The lowest BCUT2D eigenvalue weighted by atomic mass is 9.98. The van der Waals surface area contributed by atoms with E-state index in [0.29, 0.717) is 0 Å². The Kier molecular flexibility index (Phi) is 4.58. The van der Waals surface area contributed by atoms with Gasteiger partial charge in [0.15, 0.2) is 0 Å². The molecule has 122 valence electrons. The highest BCUT2D eigenvalue weighted by Crippen LogP contribution is 2.28. The first-order valence-electron chi connectivity index (χ1n) is 7.97. The molecule has 0 heterocycles. The van der Waals surface area contributed by atoms with Crippen LogP contribution in [0.1, 0.15) is 24.1 Å². The van der Waals surface area contributed by atoms with Crippen molar-refractivity contribution >= 4 is 16.5 Å². The van der Waals surface area contributed by atoms with Crippen molar-refractivity contribution in [2.75, 3.05) is 7.05 Å². The first-order chi connectivity index (χ1) is 11.6. The molecule has 0 amide bonds. The molecule has 0 N–H and O–H groups in total. The summed E-state index contributed by atoms with van der Waals surface area (Å²) in [6.45, 7) is 2.93. The summed E-state index contributed by atoms with van der Waals surface area (Å²) in [4.78, 5) is 12.6. The molecule has 0 aliphatic heterocycles. The normalized spacial score (nSPS) is 12.5. The molecule has 0 radical (unpaired) electrons. The Morgan fingerprint density at radius 3 is 2.38 bits per heavy atom. The molecule has 0 aliphatic carbocycles. The molecule has 4 nitrogen and oxygen atoms in total. The predicted octanol–water partition coefficient (Wildman–Crippen LogP) is 4.94. The summed E-state index contributed by atoms with van der Waals surface area (Å²) in [5.74, 6) is 0. The van der Waals surface area contributed by atoms with Crippen molar-refractivity contribution in [2.45, 2.75) is 19.5 Å². The van der Waals surface area contributed by atoms with E-state index in [0.717, 1.165) is 12.1 Å². The molecule has 0 bridgehead atoms. The highest BCUT2D eigenvalue weighted by molar-refractivity contribution is 5.86. The van der Waals surface area contributed by atoms with Gasteiger partial charge in [-0.2, -0.15) is 0 Å². The molecule has 3 aromatic carbocycles. The highest BCUT2D eigenvalue weighted by Gasteiger charge is 2.15. The van der Waals surface area contributed by atoms with Crippen LogP contribution in [0.3, 0.4) is 0 Å². The van der Waals surface area contributed by atoms with Crippen LogP contribution in [0, 0.1) is 10.1 Å². The van der Waals surface area contributed by atoms with Crippen molar-refractivity contribution in [3.63, 3.8) is 0 Å². The van der Waals surface area contributed by atoms with Gasteiger partial charge in [0.05, 0.1) is 4.92 Å². The van der Waals surface area contributed by atoms with Crippen molar-refractivity contribution in [3.8, 4) is 0 Å². The number of non-ortho nitro benzene ring substituents is 1. The van der Waals surface area contributed by atoms with E-state index in [9.17, 15) is 10.1 Å². The van der Waals surface area contributed by atoms with Crippen molar-refractivity contribution in [1.29, 1.82) is 0 Å². The average molecular weight is 320 g/mol. The fourth-order valence-electron chi connectivity index (χ4n) is 3.00. The third kappa shape index (κ3) is 3.29. The van der Waals surface area contributed by atoms with Gasteiger partial charge in [-0.3, -0.25) is 15.0 Å². The van der Waals surface area contributed by atoms with Crippen LogP contribution >= 0.6 is 0 Å². The van der Waals surface area contributed by atoms with Gasteiger partial charge in [-0.15, -0.1) is 0 Å². The number of nitrogens with zero attached hydrogens (tertiary/aromatic N) is 2. The lowest BCUT2D eigenvalue weighted by molar-refractivity contribution is -0.384. The summed E-state index contributed by atoms with van der Waals surface area (Å²) in [6, 6.07) is 21.8. The number of benzene rings is 3. The van der Waals surface area contributed by atoms with E-state index in [4.69, 9.17) is 0 Å². The number of hydrogen-bond acceptors (Lipinski definition) is 3. The summed E-state index contributed by atoms with van der Waals surface area (Å²) in [5, 5.41) is 13.3. The second kappa shape index (κ2) is 6.81. The molecule has 0 spiro atoms. The Morgan fingerprint density at radius 1 is 1.00 bits per heavy atom. The first-order valence-corrected chi connectivity index (χ1v) is 7.97. The number of nitro benzene ring substituents is 1. The summed E-state index contributed by atoms with van der Waals surface area (Å²) in [7, 11) is 2.08. The van der Waals surface area contributed by atoms with Crippen LogP contribution in [0.5, 0.6) is 0 Å². The molecule has 0 saturated carbocycles. The second-order valence-corrected chi connectivity index (χ2v) is 6.08. The number of rotatable bonds is 5. The molecule has 4 heteroatoms. The summed E-state index contributed by atoms with van der Waals surface area (Å²) in [6.07, 6.45) is 0. The monoisotopic (exact) mass is 320 g/mol. The number of hydrogen-bond donors (Lipinski definition) is 0. The molecule has 0 aliphatic rings. The first kappa shape index (κ1) is 16.1. The lowest BCUT2D eigenvalue weighted by Crippen LogP contribution is -2.22. The SMILES string of the molecule is C[C@H](c1cccc2ccccc12)N(C)Cc1ccc([N+](=O)[O-])cc1. The Bertz CT molecular complexity index is 854. The molecule has 0 fully saturated rings. The molecule has 0 aromatic heterocycles. The zero-order valence-electron chi connectivity index (χ0n) is 13.8. The van der Waals surface area contributed by atoms with E-state index in [2.05, 4.69) is 61.3 Å². The van der Waals surface area contributed by atoms with E-state index >= 15 is 0 Å². The number of nitro groups is 1. The van der Waals surface area contributed by atoms with Gasteiger partial charge in [0.25, 0.3) is 5.69 Å². The smallest absolute Gasteiger partial charge is 0.269 e. The fourth-order valence-corrected chi connectivity index (χ4v) is 3.00. The maximum absolute atomic E-state index is 10.7. The highest BCUT2D eigenvalue weighted by atomic mass is 16.6. The van der Waals surface area contributed by atoms with Crippen LogP contribution in [0.2, 0.25) is 0 Å². The summed E-state index contributed by atoms with van der Waals surface area (Å²) in [5.41, 5.74) is 2.48. The fraction of sp³-hybridized carbons (Fsp3) is 0.200. The van der Waals surface area contributed by atoms with E-state index in [1.54, 1.807) is 12.1 Å². The lowest BCUT2D eigenvalue weighted by Gasteiger charge is -2.26. The van der Waals surface area contributed by atoms with Gasteiger partial charge in [-0.1, -0.05) is 54.6 Å². The second-order valence-electron chi connectivity index (χ2n) is 6.08. The van der Waals surface area contributed by atoms with Crippen molar-refractivity contribution in [3.05, 3.63) is 88.0 Å². The van der Waals surface area contributed by atoms with Crippen LogP contribution in [-0.4, -0.2) is 16.9 Å². The average Bonchev–Trinajstić information content (AvgIpc) is 2.61. The third-order valence-corrected chi connectivity index (χ3v) is 4.51. The minimum Gasteiger partial charge on any atom is -0.295 e. The van der Waals surface area contributed by atoms with Gasteiger partial charge < -0.3 is 0 Å². The van der Waals surface area contributed by atoms with E-state index in [1.807, 2.05) is 12.1 Å². The van der Waals surface area contributed by atoms with Crippen LogP contribution in [0.25, 0.3) is 10.8 Å². The van der Waals surface area contributed by atoms with Gasteiger partial charge in [0, 0.05) is 24.7 Å². The van der Waals surface area contributed by atoms with Crippen LogP contribution in [0.4, 0.5) is 5.69 Å². The van der Waals surface area contributed by atoms with E-state index < -0.39 is 0 Å². The van der Waals surface area contributed by atoms with E-state index in [1.165, 1.54) is 16.3 Å². The predicted molar refractivity (Wildman–Crippen MR) is 96.9 cm³/mol. The van der Waals surface area contributed by atoms with Crippen molar-refractivity contribution in [1.82, 2.24) is 4.90 Å². The molecule has 0 unspecified atom stereocenters. The largest absolute Gasteiger partial charge is 0.295 e. The summed E-state index contributed by atoms with van der Waals surface area (Å²) >= 11 is 0. The van der Waals surface area contributed by atoms with Gasteiger partial charge >= 0.3 is 0 Å². The minimum absolute atomic E-state index is 0.128. The molecular formula is C20H20N2O2. The zero-order chi connectivity index (χ0) is 17.1.